The van der Waals surface area contributed by atoms with E-state index in [4.69, 9.17) is 0 Å². The van der Waals surface area contributed by atoms with E-state index in [-0.39, 0.29) is 6.42 Å². The van der Waals surface area contributed by atoms with E-state index in [2.05, 4.69) is 0 Å². The van der Waals surface area contributed by atoms with Crippen LogP contribution in [0.2, 0.25) is 0 Å². The van der Waals surface area contributed by atoms with Crippen molar-refractivity contribution in [3.05, 3.63) is 12.2 Å². The van der Waals surface area contributed by atoms with Gasteiger partial charge in [-0.3, -0.25) is 0 Å². The molecular formula is C8H13F3. The Morgan fingerprint density at radius 1 is 1.36 bits per heavy atom. The molecule has 0 nitrogen and oxygen atoms in total. The van der Waals surface area contributed by atoms with Crippen molar-refractivity contribution in [2.45, 2.75) is 32.9 Å². The molecule has 0 spiro atoms. The molecule has 66 valence electrons. The Morgan fingerprint density at radius 3 is 2.27 bits per heavy atom. The molecular weight excluding hydrogens is 153 g/mol. The Morgan fingerprint density at radius 2 is 1.91 bits per heavy atom. The van der Waals surface area contributed by atoms with Crippen molar-refractivity contribution in [2.75, 3.05) is 0 Å². The van der Waals surface area contributed by atoms with Gasteiger partial charge in [0.2, 0.25) is 0 Å². The van der Waals surface area contributed by atoms with Gasteiger partial charge in [-0.25, -0.2) is 0 Å². The van der Waals surface area contributed by atoms with Crippen LogP contribution in [0.1, 0.15) is 26.7 Å². The van der Waals surface area contributed by atoms with Crippen LogP contribution in [-0.2, 0) is 0 Å². The highest BCUT2D eigenvalue weighted by Crippen LogP contribution is 2.28. The normalized spacial score (nSPS) is 15.7. The standard InChI is InChI=1S/C8H13F3/c1-3-4-5-6-7(2)8(9,10)11/h3-4,7H,5-6H2,1-2H3. The summed E-state index contributed by atoms with van der Waals surface area (Å²) in [6.07, 6.45) is 0.192. The Labute approximate surface area is 65.1 Å². The minimum absolute atomic E-state index is 0.188. The zero-order valence-electron chi connectivity index (χ0n) is 6.78. The van der Waals surface area contributed by atoms with Crippen molar-refractivity contribution in [2.24, 2.45) is 5.92 Å². The van der Waals surface area contributed by atoms with Crippen molar-refractivity contribution in [1.29, 1.82) is 0 Å². The number of halogens is 3. The van der Waals surface area contributed by atoms with Crippen molar-refractivity contribution >= 4 is 0 Å². The quantitative estimate of drug-likeness (QED) is 0.562. The van der Waals surface area contributed by atoms with Crippen LogP contribution in [0, 0.1) is 5.92 Å². The van der Waals surface area contributed by atoms with Gasteiger partial charge in [-0.15, -0.1) is 0 Å². The molecule has 0 N–H and O–H groups in total. The van der Waals surface area contributed by atoms with E-state index in [0.29, 0.717) is 6.42 Å². The third-order valence-corrected chi connectivity index (χ3v) is 1.56. The number of allylic oxidation sites excluding steroid dienone is 2. The first-order valence-electron chi connectivity index (χ1n) is 3.66. The molecule has 0 aromatic heterocycles. The fourth-order valence-corrected chi connectivity index (χ4v) is 0.677. The lowest BCUT2D eigenvalue weighted by molar-refractivity contribution is -0.170. The second-order valence-electron chi connectivity index (χ2n) is 2.59. The van der Waals surface area contributed by atoms with Crippen LogP contribution in [0.25, 0.3) is 0 Å². The van der Waals surface area contributed by atoms with Crippen molar-refractivity contribution < 1.29 is 13.2 Å². The second-order valence-corrected chi connectivity index (χ2v) is 2.59. The minimum atomic E-state index is -4.03. The van der Waals surface area contributed by atoms with Crippen LogP contribution in [0.5, 0.6) is 0 Å². The fraction of sp³-hybridized carbons (Fsp3) is 0.750. The van der Waals surface area contributed by atoms with Gasteiger partial charge in [-0.05, 0) is 19.8 Å². The Bertz CT molecular complexity index is 124. The van der Waals surface area contributed by atoms with E-state index in [9.17, 15) is 13.2 Å². The summed E-state index contributed by atoms with van der Waals surface area (Å²) in [5, 5.41) is 0. The van der Waals surface area contributed by atoms with Crippen molar-refractivity contribution in [1.82, 2.24) is 0 Å². The molecule has 0 amide bonds. The lowest BCUT2D eigenvalue weighted by Crippen LogP contribution is -2.19. The van der Waals surface area contributed by atoms with E-state index in [1.54, 1.807) is 19.1 Å². The van der Waals surface area contributed by atoms with Gasteiger partial charge in [-0.1, -0.05) is 19.1 Å². The van der Waals surface area contributed by atoms with Crippen LogP contribution >= 0.6 is 0 Å². The van der Waals surface area contributed by atoms with Crippen molar-refractivity contribution in [3.8, 4) is 0 Å². The second kappa shape index (κ2) is 4.42. The van der Waals surface area contributed by atoms with Gasteiger partial charge in [0.15, 0.2) is 0 Å². The first-order valence-corrected chi connectivity index (χ1v) is 3.66. The topological polar surface area (TPSA) is 0 Å². The Balaban J connectivity index is 3.61. The van der Waals surface area contributed by atoms with Gasteiger partial charge in [0, 0.05) is 0 Å². The molecule has 0 rings (SSSR count). The number of hydrogen-bond acceptors (Lipinski definition) is 0. The van der Waals surface area contributed by atoms with Crippen LogP contribution < -0.4 is 0 Å². The molecule has 0 saturated heterocycles. The molecule has 0 aromatic rings. The summed E-state index contributed by atoms with van der Waals surface area (Å²) in [5.74, 6) is -1.18. The predicted octanol–water partition coefficient (Wildman–Crippen LogP) is 3.54. The molecule has 0 radical (unpaired) electrons. The molecule has 1 atom stereocenters. The molecule has 0 heterocycles. The fourth-order valence-electron chi connectivity index (χ4n) is 0.677. The van der Waals surface area contributed by atoms with E-state index in [0.717, 1.165) is 0 Å². The molecule has 0 saturated carbocycles. The molecule has 0 bridgehead atoms. The van der Waals surface area contributed by atoms with Gasteiger partial charge in [0.25, 0.3) is 0 Å². The molecule has 1 unspecified atom stereocenters. The number of alkyl halides is 3. The van der Waals surface area contributed by atoms with E-state index in [1.165, 1.54) is 6.92 Å². The Kier molecular flexibility index (Phi) is 4.23. The van der Waals surface area contributed by atoms with Gasteiger partial charge in [0.05, 0.1) is 5.92 Å². The SMILES string of the molecule is CC=CCCC(C)C(F)(F)F. The number of hydrogen-bond donors (Lipinski definition) is 0. The van der Waals surface area contributed by atoms with Crippen LogP contribution in [0.3, 0.4) is 0 Å². The lowest BCUT2D eigenvalue weighted by atomic mass is 10.1. The highest BCUT2D eigenvalue weighted by atomic mass is 19.4. The molecule has 11 heavy (non-hydrogen) atoms. The molecule has 0 aliphatic heterocycles. The zero-order valence-corrected chi connectivity index (χ0v) is 6.78. The third-order valence-electron chi connectivity index (χ3n) is 1.56. The van der Waals surface area contributed by atoms with Gasteiger partial charge < -0.3 is 0 Å². The first kappa shape index (κ1) is 10.5. The van der Waals surface area contributed by atoms with E-state index in [1.807, 2.05) is 0 Å². The predicted molar refractivity (Wildman–Crippen MR) is 39.3 cm³/mol. The molecule has 3 heteroatoms. The van der Waals surface area contributed by atoms with Crippen LogP contribution in [0.4, 0.5) is 13.2 Å². The molecule has 0 aliphatic carbocycles. The number of rotatable bonds is 3. The van der Waals surface area contributed by atoms with Crippen LogP contribution in [0.15, 0.2) is 12.2 Å². The highest BCUT2D eigenvalue weighted by molar-refractivity contribution is 4.78. The van der Waals surface area contributed by atoms with E-state index >= 15 is 0 Å². The maximum Gasteiger partial charge on any atom is 0.391 e. The van der Waals surface area contributed by atoms with E-state index < -0.39 is 12.1 Å². The summed E-state index contributed by atoms with van der Waals surface area (Å²) in [7, 11) is 0. The Hall–Kier alpha value is -0.470. The maximum atomic E-state index is 11.9. The van der Waals surface area contributed by atoms with Crippen LogP contribution in [-0.4, -0.2) is 6.18 Å². The van der Waals surface area contributed by atoms with Crippen molar-refractivity contribution in [3.63, 3.8) is 0 Å². The first-order chi connectivity index (χ1) is 4.98. The smallest absolute Gasteiger partial charge is 0.171 e. The summed E-state index contributed by atoms with van der Waals surface area (Å²) in [5.41, 5.74) is 0. The molecule has 0 aliphatic rings. The zero-order chi connectivity index (χ0) is 8.91. The lowest BCUT2D eigenvalue weighted by Gasteiger charge is -2.13. The summed E-state index contributed by atoms with van der Waals surface area (Å²) in [6.45, 7) is 3.02. The summed E-state index contributed by atoms with van der Waals surface area (Å²) >= 11 is 0. The highest BCUT2D eigenvalue weighted by Gasteiger charge is 2.34. The minimum Gasteiger partial charge on any atom is -0.171 e. The van der Waals surface area contributed by atoms with Gasteiger partial charge >= 0.3 is 6.18 Å². The largest absolute Gasteiger partial charge is 0.391 e. The summed E-state index contributed by atoms with van der Waals surface area (Å²) in [4.78, 5) is 0. The third kappa shape index (κ3) is 4.87. The van der Waals surface area contributed by atoms with Gasteiger partial charge in [-0.2, -0.15) is 13.2 Å². The maximum absolute atomic E-state index is 11.9. The molecule has 0 fully saturated rings. The monoisotopic (exact) mass is 166 g/mol. The van der Waals surface area contributed by atoms with Gasteiger partial charge in [0.1, 0.15) is 0 Å². The average Bonchev–Trinajstić information content (AvgIpc) is 1.86. The summed E-state index contributed by atoms with van der Waals surface area (Å²) < 4.78 is 35.6. The molecule has 0 aromatic carbocycles. The summed E-state index contributed by atoms with van der Waals surface area (Å²) in [6, 6.07) is 0. The average molecular weight is 166 g/mol.